The fraction of sp³-hybridized carbons (Fsp3) is 0.375. The van der Waals surface area contributed by atoms with E-state index < -0.39 is 24.0 Å². The van der Waals surface area contributed by atoms with E-state index >= 15 is 0 Å². The number of aryl methyl sites for hydroxylation is 1. The number of ether oxygens (including phenoxy) is 1. The predicted octanol–water partition coefficient (Wildman–Crippen LogP) is 1.49. The number of methoxy groups -OCH3 is 1. The molecule has 1 unspecified atom stereocenters. The Morgan fingerprint density at radius 1 is 1.36 bits per heavy atom. The molecule has 0 aromatic heterocycles. The van der Waals surface area contributed by atoms with Crippen molar-refractivity contribution in [2.24, 2.45) is 5.73 Å². The highest BCUT2D eigenvalue weighted by molar-refractivity contribution is 5.88. The molecule has 0 fully saturated rings. The summed E-state index contributed by atoms with van der Waals surface area (Å²) < 4.78 is 4.65. The number of nitrogens with two attached hydrogens (primary N) is 1. The lowest BCUT2D eigenvalue weighted by atomic mass is 10.0. The molecule has 6 heteroatoms. The molecule has 120 valence electrons. The van der Waals surface area contributed by atoms with E-state index in [-0.39, 0.29) is 12.4 Å². The molecule has 2 atom stereocenters. The third-order valence-corrected chi connectivity index (χ3v) is 3.10. The summed E-state index contributed by atoms with van der Waals surface area (Å²) in [4.78, 5) is 23.7. The molecule has 1 rings (SSSR count). The van der Waals surface area contributed by atoms with Gasteiger partial charge in [-0.15, -0.1) is 24.8 Å². The average Bonchev–Trinajstić information content (AvgIpc) is 2.50. The Balaban J connectivity index is 0.00000441. The molecular weight excluding hydrogens is 304 g/mol. The number of amides is 1. The van der Waals surface area contributed by atoms with Crippen molar-refractivity contribution in [1.82, 2.24) is 5.32 Å². The van der Waals surface area contributed by atoms with Crippen LogP contribution < -0.4 is 11.1 Å². The molecule has 0 heterocycles. The first-order valence-electron chi connectivity index (χ1n) is 6.63. The van der Waals surface area contributed by atoms with Crippen LogP contribution in [0.2, 0.25) is 0 Å². The zero-order chi connectivity index (χ0) is 15.8. The van der Waals surface area contributed by atoms with Crippen LogP contribution in [0.15, 0.2) is 24.3 Å². The molecule has 5 nitrogen and oxygen atoms in total. The molecule has 0 aliphatic rings. The molecule has 0 saturated heterocycles. The summed E-state index contributed by atoms with van der Waals surface area (Å²) in [7, 11) is 1.26. The first-order chi connectivity index (χ1) is 9.99. The Morgan fingerprint density at radius 3 is 2.45 bits per heavy atom. The minimum atomic E-state index is -0.844. The van der Waals surface area contributed by atoms with Gasteiger partial charge >= 0.3 is 5.97 Å². The van der Waals surface area contributed by atoms with Crippen molar-refractivity contribution in [2.45, 2.75) is 31.8 Å². The third-order valence-electron chi connectivity index (χ3n) is 3.10. The van der Waals surface area contributed by atoms with E-state index in [1.165, 1.54) is 7.11 Å². The van der Waals surface area contributed by atoms with Crippen molar-refractivity contribution in [3.63, 3.8) is 0 Å². The lowest BCUT2D eigenvalue weighted by Gasteiger charge is -2.18. The van der Waals surface area contributed by atoms with Crippen molar-refractivity contribution >= 4 is 24.3 Å². The second-order valence-electron chi connectivity index (χ2n) is 4.72. The molecule has 0 bridgehead atoms. The number of halogens is 1. The summed E-state index contributed by atoms with van der Waals surface area (Å²) in [5.74, 6) is 1.46. The van der Waals surface area contributed by atoms with Gasteiger partial charge in [0.05, 0.1) is 7.11 Å². The van der Waals surface area contributed by atoms with Crippen molar-refractivity contribution in [3.05, 3.63) is 35.4 Å². The van der Waals surface area contributed by atoms with Crippen LogP contribution in [0.5, 0.6) is 0 Å². The van der Waals surface area contributed by atoms with E-state index in [0.717, 1.165) is 5.56 Å². The smallest absolute Gasteiger partial charge is 0.328 e. The minimum Gasteiger partial charge on any atom is -0.467 e. The molecule has 1 amide bonds. The van der Waals surface area contributed by atoms with Crippen LogP contribution in [0.1, 0.15) is 30.0 Å². The Morgan fingerprint density at radius 2 is 1.95 bits per heavy atom. The number of rotatable bonds is 6. The van der Waals surface area contributed by atoms with Crippen LogP contribution in [0, 0.1) is 19.3 Å². The van der Waals surface area contributed by atoms with E-state index in [2.05, 4.69) is 16.0 Å². The van der Waals surface area contributed by atoms with Crippen LogP contribution in [0.4, 0.5) is 0 Å². The zero-order valence-electron chi connectivity index (χ0n) is 12.7. The zero-order valence-corrected chi connectivity index (χ0v) is 13.5. The van der Waals surface area contributed by atoms with E-state index in [4.69, 9.17) is 12.2 Å². The van der Waals surface area contributed by atoms with E-state index in [1.807, 2.05) is 19.1 Å². The Bertz CT molecular complexity index is 537. The van der Waals surface area contributed by atoms with Crippen LogP contribution >= 0.6 is 12.4 Å². The number of hydrogen-bond donors (Lipinski definition) is 2. The molecule has 0 aliphatic heterocycles. The van der Waals surface area contributed by atoms with Crippen LogP contribution in [0.3, 0.4) is 0 Å². The summed E-state index contributed by atoms with van der Waals surface area (Å²) in [6.07, 6.45) is 5.85. The lowest BCUT2D eigenvalue weighted by Crippen LogP contribution is -2.45. The standard InChI is InChI=1S/C16H20N2O3.ClH/c1-4-5-6-13(16(20)21-3)18-15(19)14(17)12-9-7-11(2)8-10-12;/h1,7-10,13-14H,5-6,17H2,2-3H3,(H,18,19);1H/t13-,14?;/m0./s1. The van der Waals surface area contributed by atoms with Gasteiger partial charge in [0.25, 0.3) is 0 Å². The quantitative estimate of drug-likeness (QED) is 0.613. The second-order valence-corrected chi connectivity index (χ2v) is 4.72. The number of carbonyl (C=O) groups excluding carboxylic acids is 2. The molecule has 1 aromatic rings. The van der Waals surface area contributed by atoms with Gasteiger partial charge in [-0.05, 0) is 18.9 Å². The lowest BCUT2D eigenvalue weighted by molar-refractivity contribution is -0.145. The summed E-state index contributed by atoms with van der Waals surface area (Å²) in [6.45, 7) is 1.95. The van der Waals surface area contributed by atoms with Crippen molar-refractivity contribution in [3.8, 4) is 12.3 Å². The molecule has 0 saturated carbocycles. The van der Waals surface area contributed by atoms with Crippen molar-refractivity contribution < 1.29 is 14.3 Å². The molecule has 0 radical (unpaired) electrons. The van der Waals surface area contributed by atoms with Gasteiger partial charge in [0.2, 0.25) is 5.91 Å². The molecule has 3 N–H and O–H groups in total. The van der Waals surface area contributed by atoms with Crippen molar-refractivity contribution in [2.75, 3.05) is 7.11 Å². The number of terminal acetylenes is 1. The maximum absolute atomic E-state index is 12.1. The fourth-order valence-electron chi connectivity index (χ4n) is 1.81. The van der Waals surface area contributed by atoms with Gasteiger partial charge in [0.1, 0.15) is 12.1 Å². The topological polar surface area (TPSA) is 81.4 Å². The Kier molecular flexibility index (Phi) is 8.92. The highest BCUT2D eigenvalue weighted by atomic mass is 35.5. The van der Waals surface area contributed by atoms with Gasteiger partial charge in [-0.25, -0.2) is 4.79 Å². The SMILES string of the molecule is C#CCC[C@H](NC(=O)C(N)c1ccc(C)cc1)C(=O)OC.Cl. The van der Waals surface area contributed by atoms with Gasteiger partial charge in [-0.3, -0.25) is 4.79 Å². The molecular formula is C16H21ClN2O3. The number of carbonyl (C=O) groups is 2. The van der Waals surface area contributed by atoms with Gasteiger partial charge in [0, 0.05) is 6.42 Å². The number of benzene rings is 1. The number of esters is 1. The van der Waals surface area contributed by atoms with E-state index in [0.29, 0.717) is 18.4 Å². The minimum absolute atomic E-state index is 0. The van der Waals surface area contributed by atoms with Gasteiger partial charge in [-0.1, -0.05) is 29.8 Å². The van der Waals surface area contributed by atoms with Gasteiger partial charge < -0.3 is 15.8 Å². The van der Waals surface area contributed by atoms with E-state index in [9.17, 15) is 9.59 Å². The first kappa shape index (κ1) is 20.0. The Labute approximate surface area is 137 Å². The van der Waals surface area contributed by atoms with Crippen LogP contribution in [-0.4, -0.2) is 25.0 Å². The van der Waals surface area contributed by atoms with Gasteiger partial charge in [-0.2, -0.15) is 0 Å². The highest BCUT2D eigenvalue weighted by Gasteiger charge is 2.24. The highest BCUT2D eigenvalue weighted by Crippen LogP contribution is 2.12. The predicted molar refractivity (Wildman–Crippen MR) is 87.4 cm³/mol. The number of nitrogens with one attached hydrogen (secondary N) is 1. The first-order valence-corrected chi connectivity index (χ1v) is 6.63. The molecule has 22 heavy (non-hydrogen) atoms. The summed E-state index contributed by atoms with van der Waals surface area (Å²) in [5.41, 5.74) is 7.66. The molecule has 0 aliphatic carbocycles. The monoisotopic (exact) mass is 324 g/mol. The fourth-order valence-corrected chi connectivity index (χ4v) is 1.81. The van der Waals surface area contributed by atoms with Crippen molar-refractivity contribution in [1.29, 1.82) is 0 Å². The van der Waals surface area contributed by atoms with Crippen LogP contribution in [-0.2, 0) is 14.3 Å². The van der Waals surface area contributed by atoms with E-state index in [1.54, 1.807) is 12.1 Å². The second kappa shape index (κ2) is 9.82. The van der Waals surface area contributed by atoms with Gasteiger partial charge in [0.15, 0.2) is 0 Å². The Hall–Kier alpha value is -2.03. The van der Waals surface area contributed by atoms with Crippen LogP contribution in [0.25, 0.3) is 0 Å². The largest absolute Gasteiger partial charge is 0.467 e. The maximum Gasteiger partial charge on any atom is 0.328 e. The normalized spacial score (nSPS) is 12.3. The summed E-state index contributed by atoms with van der Waals surface area (Å²) >= 11 is 0. The molecule has 0 spiro atoms. The molecule has 1 aromatic carbocycles. The maximum atomic E-state index is 12.1. The summed E-state index contributed by atoms with van der Waals surface area (Å²) in [6, 6.07) is 5.69. The third kappa shape index (κ3) is 5.76. The summed E-state index contributed by atoms with van der Waals surface area (Å²) in [5, 5.41) is 2.58. The average molecular weight is 325 g/mol. The number of hydrogen-bond acceptors (Lipinski definition) is 4.